The molecule has 3 aromatic carbocycles. The molecule has 11 heteroatoms. The van der Waals surface area contributed by atoms with Gasteiger partial charge in [0.05, 0.1) is 12.3 Å². The largest absolute Gasteiger partial charge is 0.492 e. The number of aryl methyl sites for hydroxylation is 1. The summed E-state index contributed by atoms with van der Waals surface area (Å²) in [6.07, 6.45) is 2.12. The highest BCUT2D eigenvalue weighted by Crippen LogP contribution is 2.28. The topological polar surface area (TPSA) is 146 Å². The molecule has 6 amide bonds. The molecule has 1 saturated heterocycles. The SMILES string of the molecule is CCOc1cc(CN(C)c2ccc(C=C3C(=O)NC(=O)NC3=O)cc2)ccc1NC(=O)C(=O)Nc1ccccc1CC. The Labute approximate surface area is 242 Å². The van der Waals surface area contributed by atoms with Crippen molar-refractivity contribution in [1.82, 2.24) is 10.6 Å². The molecule has 0 unspecified atom stereocenters. The lowest BCUT2D eigenvalue weighted by molar-refractivity contribution is -0.133. The highest BCUT2D eigenvalue weighted by atomic mass is 16.5. The van der Waals surface area contributed by atoms with Crippen LogP contribution in [0.2, 0.25) is 0 Å². The lowest BCUT2D eigenvalue weighted by Gasteiger charge is -2.21. The molecule has 1 aliphatic heterocycles. The number of hydrogen-bond donors (Lipinski definition) is 4. The third kappa shape index (κ3) is 7.19. The lowest BCUT2D eigenvalue weighted by atomic mass is 10.1. The number of urea groups is 1. The van der Waals surface area contributed by atoms with Gasteiger partial charge in [0.2, 0.25) is 0 Å². The van der Waals surface area contributed by atoms with Crippen molar-refractivity contribution in [3.8, 4) is 5.75 Å². The minimum absolute atomic E-state index is 0.158. The summed E-state index contributed by atoms with van der Waals surface area (Å²) >= 11 is 0. The summed E-state index contributed by atoms with van der Waals surface area (Å²) < 4.78 is 5.75. The van der Waals surface area contributed by atoms with Crippen molar-refractivity contribution < 1.29 is 28.7 Å². The van der Waals surface area contributed by atoms with Gasteiger partial charge in [0, 0.05) is 25.0 Å². The molecule has 1 fully saturated rings. The number of para-hydroxylation sites is 1. The van der Waals surface area contributed by atoms with Crippen molar-refractivity contribution in [2.75, 3.05) is 29.2 Å². The molecule has 3 aromatic rings. The predicted octanol–water partition coefficient (Wildman–Crippen LogP) is 3.61. The van der Waals surface area contributed by atoms with E-state index in [0.717, 1.165) is 16.8 Å². The number of benzene rings is 3. The first kappa shape index (κ1) is 29.5. The van der Waals surface area contributed by atoms with E-state index in [9.17, 15) is 24.0 Å². The summed E-state index contributed by atoms with van der Waals surface area (Å²) in [5.41, 5.74) is 4.11. The minimum Gasteiger partial charge on any atom is -0.492 e. The first-order valence-electron chi connectivity index (χ1n) is 13.3. The van der Waals surface area contributed by atoms with Crippen LogP contribution in [-0.2, 0) is 32.1 Å². The molecule has 0 saturated carbocycles. The van der Waals surface area contributed by atoms with Crippen molar-refractivity contribution >= 4 is 52.8 Å². The van der Waals surface area contributed by atoms with Crippen LogP contribution in [0, 0.1) is 0 Å². The summed E-state index contributed by atoms with van der Waals surface area (Å²) in [6.45, 7) is 4.65. The van der Waals surface area contributed by atoms with Gasteiger partial charge in [-0.2, -0.15) is 0 Å². The number of carbonyl (C=O) groups excluding carboxylic acids is 5. The van der Waals surface area contributed by atoms with Crippen molar-refractivity contribution in [2.45, 2.75) is 26.8 Å². The van der Waals surface area contributed by atoms with Gasteiger partial charge in [-0.25, -0.2) is 4.79 Å². The van der Waals surface area contributed by atoms with E-state index in [-0.39, 0.29) is 5.57 Å². The number of nitrogens with zero attached hydrogens (tertiary/aromatic N) is 1. The molecule has 216 valence electrons. The summed E-state index contributed by atoms with van der Waals surface area (Å²) in [5.74, 6) is -2.66. The van der Waals surface area contributed by atoms with Crippen LogP contribution in [0.25, 0.3) is 6.08 Å². The molecule has 0 bridgehead atoms. The summed E-state index contributed by atoms with van der Waals surface area (Å²) in [5, 5.41) is 9.40. The maximum atomic E-state index is 12.7. The number of amides is 6. The Morgan fingerprint density at radius 1 is 0.857 bits per heavy atom. The van der Waals surface area contributed by atoms with Crippen molar-refractivity contribution in [3.05, 3.63) is 89.0 Å². The van der Waals surface area contributed by atoms with Crippen LogP contribution >= 0.6 is 0 Å². The van der Waals surface area contributed by atoms with E-state index in [1.54, 1.807) is 36.4 Å². The number of imide groups is 2. The molecule has 0 aromatic heterocycles. The first-order chi connectivity index (χ1) is 20.2. The molecule has 0 aliphatic carbocycles. The molecule has 1 heterocycles. The third-order valence-electron chi connectivity index (χ3n) is 6.45. The van der Waals surface area contributed by atoms with Gasteiger partial charge in [0.1, 0.15) is 11.3 Å². The van der Waals surface area contributed by atoms with Gasteiger partial charge in [-0.3, -0.25) is 29.8 Å². The molecular weight excluding hydrogens is 538 g/mol. The zero-order valence-corrected chi connectivity index (χ0v) is 23.4. The van der Waals surface area contributed by atoms with Crippen LogP contribution in [0.4, 0.5) is 21.9 Å². The van der Waals surface area contributed by atoms with E-state index < -0.39 is 29.7 Å². The second kappa shape index (κ2) is 13.3. The van der Waals surface area contributed by atoms with E-state index >= 15 is 0 Å². The molecule has 4 rings (SSSR count). The average molecular weight is 570 g/mol. The molecular formula is C31H31N5O6. The second-order valence-electron chi connectivity index (χ2n) is 9.43. The number of barbiturate groups is 1. The normalized spacial score (nSPS) is 12.6. The third-order valence-corrected chi connectivity index (χ3v) is 6.45. The zero-order valence-electron chi connectivity index (χ0n) is 23.4. The monoisotopic (exact) mass is 569 g/mol. The average Bonchev–Trinajstić information content (AvgIpc) is 2.97. The van der Waals surface area contributed by atoms with E-state index in [1.807, 2.05) is 66.8 Å². The molecule has 0 radical (unpaired) electrons. The van der Waals surface area contributed by atoms with E-state index in [1.165, 1.54) is 6.08 Å². The van der Waals surface area contributed by atoms with Crippen LogP contribution in [-0.4, -0.2) is 43.3 Å². The van der Waals surface area contributed by atoms with E-state index in [4.69, 9.17) is 4.74 Å². The number of rotatable bonds is 9. The fourth-order valence-corrected chi connectivity index (χ4v) is 4.32. The van der Waals surface area contributed by atoms with Crippen LogP contribution < -0.4 is 30.9 Å². The number of carbonyl (C=O) groups is 5. The van der Waals surface area contributed by atoms with Crippen LogP contribution in [0.3, 0.4) is 0 Å². The van der Waals surface area contributed by atoms with Gasteiger partial charge in [0.25, 0.3) is 11.8 Å². The fraction of sp³-hybridized carbons (Fsp3) is 0.194. The Kier molecular flexibility index (Phi) is 9.33. The standard InChI is InChI=1S/C31H31N5O6/c1-4-21-8-6-7-9-24(21)32-29(39)30(40)33-25-15-12-20(17-26(25)42-5-2)18-36(3)22-13-10-19(11-14-22)16-23-27(37)34-31(41)35-28(23)38/h6-17H,4-5,18H2,1-3H3,(H,32,39)(H,33,40)(H2,34,35,37,38,41). The molecule has 1 aliphatic rings. The molecule has 42 heavy (non-hydrogen) atoms. The Balaban J connectivity index is 1.42. The van der Waals surface area contributed by atoms with E-state index in [0.29, 0.717) is 42.3 Å². The van der Waals surface area contributed by atoms with Crippen LogP contribution in [0.15, 0.2) is 72.3 Å². The molecule has 4 N–H and O–H groups in total. The Morgan fingerprint density at radius 3 is 2.14 bits per heavy atom. The van der Waals surface area contributed by atoms with Gasteiger partial charge in [-0.1, -0.05) is 43.3 Å². The first-order valence-corrected chi connectivity index (χ1v) is 13.3. The quantitative estimate of drug-likeness (QED) is 0.175. The van der Waals surface area contributed by atoms with Crippen molar-refractivity contribution in [1.29, 1.82) is 0 Å². The lowest BCUT2D eigenvalue weighted by Crippen LogP contribution is -2.51. The van der Waals surface area contributed by atoms with Gasteiger partial charge in [0.15, 0.2) is 0 Å². The molecule has 0 atom stereocenters. The van der Waals surface area contributed by atoms with E-state index in [2.05, 4.69) is 10.6 Å². The smallest absolute Gasteiger partial charge is 0.328 e. The summed E-state index contributed by atoms with van der Waals surface area (Å²) in [4.78, 5) is 62.4. The molecule has 0 spiro atoms. The summed E-state index contributed by atoms with van der Waals surface area (Å²) in [6, 6.07) is 19.0. The van der Waals surface area contributed by atoms with Gasteiger partial charge in [-0.15, -0.1) is 0 Å². The number of ether oxygens (including phenoxy) is 1. The fourth-order valence-electron chi connectivity index (χ4n) is 4.32. The van der Waals surface area contributed by atoms with Crippen LogP contribution in [0.1, 0.15) is 30.5 Å². The maximum Gasteiger partial charge on any atom is 0.328 e. The Morgan fingerprint density at radius 2 is 1.50 bits per heavy atom. The number of nitrogens with one attached hydrogen (secondary N) is 4. The van der Waals surface area contributed by atoms with Gasteiger partial charge in [-0.05, 0) is 66.4 Å². The maximum absolute atomic E-state index is 12.7. The number of anilines is 3. The van der Waals surface area contributed by atoms with Gasteiger partial charge < -0.3 is 20.3 Å². The Hall–Kier alpha value is -5.45. The zero-order chi connectivity index (χ0) is 30.2. The highest BCUT2D eigenvalue weighted by Gasteiger charge is 2.27. The minimum atomic E-state index is -0.846. The van der Waals surface area contributed by atoms with Crippen molar-refractivity contribution in [2.24, 2.45) is 0 Å². The highest BCUT2D eigenvalue weighted by molar-refractivity contribution is 6.43. The van der Waals surface area contributed by atoms with Crippen molar-refractivity contribution in [3.63, 3.8) is 0 Å². The van der Waals surface area contributed by atoms with Crippen LogP contribution in [0.5, 0.6) is 5.75 Å². The Bertz CT molecular complexity index is 1540. The predicted molar refractivity (Wildman–Crippen MR) is 159 cm³/mol. The second-order valence-corrected chi connectivity index (χ2v) is 9.43. The van der Waals surface area contributed by atoms with Gasteiger partial charge >= 0.3 is 17.8 Å². The molecule has 11 nitrogen and oxygen atoms in total. The number of hydrogen-bond acceptors (Lipinski definition) is 7. The summed E-state index contributed by atoms with van der Waals surface area (Å²) in [7, 11) is 1.90.